The van der Waals surface area contributed by atoms with Gasteiger partial charge >= 0.3 is 0 Å². The van der Waals surface area contributed by atoms with Crippen molar-refractivity contribution >= 4 is 17.5 Å². The standard InChI is InChI=1S/C21H22N2O5/c1-6-14-8-7-9-15(10-14)23(13-20(24)22-2)21(25)16-11-18(27-4)19(28-5)12-17(16)26-3/h1,7-12H,13H2,2-5H3,(H,22,24). The van der Waals surface area contributed by atoms with E-state index in [1.807, 2.05) is 0 Å². The summed E-state index contributed by atoms with van der Waals surface area (Å²) in [7, 11) is 5.90. The Morgan fingerprint density at radius 3 is 2.25 bits per heavy atom. The summed E-state index contributed by atoms with van der Waals surface area (Å²) in [4.78, 5) is 26.7. The molecule has 146 valence electrons. The fourth-order valence-corrected chi connectivity index (χ4v) is 2.61. The van der Waals surface area contributed by atoms with Crippen LogP contribution in [-0.4, -0.2) is 46.7 Å². The molecule has 2 aromatic carbocycles. The number of likely N-dealkylation sites (N-methyl/N-ethyl adjacent to an activating group) is 1. The van der Waals surface area contributed by atoms with Gasteiger partial charge in [0.1, 0.15) is 12.3 Å². The molecule has 2 rings (SSSR count). The zero-order valence-electron chi connectivity index (χ0n) is 16.2. The van der Waals surface area contributed by atoms with Crippen LogP contribution < -0.4 is 24.4 Å². The van der Waals surface area contributed by atoms with Crippen molar-refractivity contribution in [3.63, 3.8) is 0 Å². The number of anilines is 1. The third-order valence-electron chi connectivity index (χ3n) is 4.09. The molecule has 0 aromatic heterocycles. The summed E-state index contributed by atoms with van der Waals surface area (Å²) >= 11 is 0. The molecular weight excluding hydrogens is 360 g/mol. The minimum atomic E-state index is -0.449. The maximum absolute atomic E-state index is 13.4. The van der Waals surface area contributed by atoms with Gasteiger partial charge in [-0.05, 0) is 18.2 Å². The molecule has 0 unspecified atom stereocenters. The second kappa shape index (κ2) is 9.33. The van der Waals surface area contributed by atoms with Crippen molar-refractivity contribution in [1.82, 2.24) is 5.32 Å². The SMILES string of the molecule is C#Cc1cccc(N(CC(=O)NC)C(=O)c2cc(OC)c(OC)cc2OC)c1. The summed E-state index contributed by atoms with van der Waals surface area (Å²) in [6.45, 7) is -0.194. The second-order valence-electron chi connectivity index (χ2n) is 5.67. The van der Waals surface area contributed by atoms with Crippen LogP contribution in [-0.2, 0) is 4.79 Å². The van der Waals surface area contributed by atoms with Crippen molar-refractivity contribution in [3.05, 3.63) is 47.5 Å². The van der Waals surface area contributed by atoms with E-state index in [9.17, 15) is 9.59 Å². The second-order valence-corrected chi connectivity index (χ2v) is 5.67. The zero-order valence-corrected chi connectivity index (χ0v) is 16.2. The molecule has 7 nitrogen and oxygen atoms in total. The van der Waals surface area contributed by atoms with Crippen LogP contribution in [0.25, 0.3) is 0 Å². The number of methoxy groups -OCH3 is 3. The van der Waals surface area contributed by atoms with Crippen LogP contribution in [0.2, 0.25) is 0 Å². The van der Waals surface area contributed by atoms with E-state index in [2.05, 4.69) is 11.2 Å². The van der Waals surface area contributed by atoms with E-state index in [0.29, 0.717) is 22.7 Å². The van der Waals surface area contributed by atoms with E-state index in [1.165, 1.54) is 39.3 Å². The number of nitrogens with one attached hydrogen (secondary N) is 1. The Morgan fingerprint density at radius 1 is 1.04 bits per heavy atom. The average molecular weight is 382 g/mol. The lowest BCUT2D eigenvalue weighted by molar-refractivity contribution is -0.119. The molecule has 2 amide bonds. The van der Waals surface area contributed by atoms with Crippen molar-refractivity contribution in [2.45, 2.75) is 0 Å². The van der Waals surface area contributed by atoms with Gasteiger partial charge in [0.05, 0.1) is 26.9 Å². The monoisotopic (exact) mass is 382 g/mol. The van der Waals surface area contributed by atoms with Gasteiger partial charge in [-0.25, -0.2) is 0 Å². The maximum Gasteiger partial charge on any atom is 0.262 e. The Labute approximate surface area is 164 Å². The lowest BCUT2D eigenvalue weighted by Crippen LogP contribution is -2.40. The minimum Gasteiger partial charge on any atom is -0.496 e. The fourth-order valence-electron chi connectivity index (χ4n) is 2.61. The first-order valence-electron chi connectivity index (χ1n) is 8.38. The van der Waals surface area contributed by atoms with Gasteiger partial charge < -0.3 is 19.5 Å². The molecule has 28 heavy (non-hydrogen) atoms. The topological polar surface area (TPSA) is 77.1 Å². The van der Waals surface area contributed by atoms with E-state index >= 15 is 0 Å². The number of terminal acetylenes is 1. The smallest absolute Gasteiger partial charge is 0.262 e. The predicted octanol–water partition coefficient (Wildman–Crippen LogP) is 2.09. The van der Waals surface area contributed by atoms with Crippen molar-refractivity contribution in [3.8, 4) is 29.6 Å². The van der Waals surface area contributed by atoms with Crippen molar-refractivity contribution in [2.24, 2.45) is 0 Å². The fraction of sp³-hybridized carbons (Fsp3) is 0.238. The van der Waals surface area contributed by atoms with E-state index in [4.69, 9.17) is 20.6 Å². The van der Waals surface area contributed by atoms with Gasteiger partial charge in [0.25, 0.3) is 5.91 Å². The first-order chi connectivity index (χ1) is 13.5. The predicted molar refractivity (Wildman–Crippen MR) is 106 cm³/mol. The van der Waals surface area contributed by atoms with Gasteiger partial charge in [-0.3, -0.25) is 14.5 Å². The molecule has 2 aromatic rings. The summed E-state index contributed by atoms with van der Waals surface area (Å²) < 4.78 is 15.9. The number of hydrogen-bond donors (Lipinski definition) is 1. The summed E-state index contributed by atoms with van der Waals surface area (Å²) in [6, 6.07) is 9.90. The normalized spacial score (nSPS) is 9.82. The largest absolute Gasteiger partial charge is 0.496 e. The molecule has 0 heterocycles. The number of nitrogens with zero attached hydrogens (tertiary/aromatic N) is 1. The van der Waals surface area contributed by atoms with Gasteiger partial charge in [-0.1, -0.05) is 12.0 Å². The lowest BCUT2D eigenvalue weighted by atomic mass is 10.1. The minimum absolute atomic E-state index is 0.194. The van der Waals surface area contributed by atoms with E-state index in [1.54, 1.807) is 30.3 Å². The molecule has 0 spiro atoms. The Hall–Kier alpha value is -3.66. The molecule has 0 aliphatic rings. The molecule has 7 heteroatoms. The van der Waals surface area contributed by atoms with Gasteiger partial charge in [0, 0.05) is 30.4 Å². The number of ether oxygens (including phenoxy) is 3. The van der Waals surface area contributed by atoms with Crippen molar-refractivity contribution in [2.75, 3.05) is 39.8 Å². The Balaban J connectivity index is 2.58. The van der Waals surface area contributed by atoms with Crippen LogP contribution in [0.3, 0.4) is 0 Å². The van der Waals surface area contributed by atoms with Crippen LogP contribution in [0.5, 0.6) is 17.2 Å². The quantitative estimate of drug-likeness (QED) is 0.742. The third-order valence-corrected chi connectivity index (χ3v) is 4.09. The van der Waals surface area contributed by atoms with Crippen LogP contribution in [0.4, 0.5) is 5.69 Å². The Morgan fingerprint density at radius 2 is 1.68 bits per heavy atom. The molecule has 0 fully saturated rings. The van der Waals surface area contributed by atoms with Crippen LogP contribution in [0.1, 0.15) is 15.9 Å². The van der Waals surface area contributed by atoms with Gasteiger partial charge in [-0.2, -0.15) is 0 Å². The van der Waals surface area contributed by atoms with Crippen LogP contribution >= 0.6 is 0 Å². The maximum atomic E-state index is 13.4. The van der Waals surface area contributed by atoms with Gasteiger partial charge in [0.2, 0.25) is 5.91 Å². The summed E-state index contributed by atoms with van der Waals surface area (Å²) in [5.74, 6) is 2.82. The van der Waals surface area contributed by atoms with Crippen molar-refractivity contribution < 1.29 is 23.8 Å². The first-order valence-corrected chi connectivity index (χ1v) is 8.38. The number of amides is 2. The summed E-state index contributed by atoms with van der Waals surface area (Å²) in [6.07, 6.45) is 5.47. The van der Waals surface area contributed by atoms with E-state index in [-0.39, 0.29) is 23.8 Å². The third kappa shape index (κ3) is 4.35. The van der Waals surface area contributed by atoms with E-state index < -0.39 is 5.91 Å². The molecule has 0 aliphatic heterocycles. The molecule has 0 radical (unpaired) electrons. The molecule has 0 bridgehead atoms. The highest BCUT2D eigenvalue weighted by Crippen LogP contribution is 2.35. The van der Waals surface area contributed by atoms with Crippen molar-refractivity contribution in [1.29, 1.82) is 0 Å². The lowest BCUT2D eigenvalue weighted by Gasteiger charge is -2.24. The average Bonchev–Trinajstić information content (AvgIpc) is 2.75. The Kier molecular flexibility index (Phi) is 6.88. The molecule has 1 N–H and O–H groups in total. The highest BCUT2D eigenvalue weighted by molar-refractivity contribution is 6.10. The Bertz CT molecular complexity index is 917. The van der Waals surface area contributed by atoms with Gasteiger partial charge in [-0.15, -0.1) is 6.42 Å². The molecule has 0 saturated heterocycles. The molecule has 0 saturated carbocycles. The zero-order chi connectivity index (χ0) is 20.7. The van der Waals surface area contributed by atoms with E-state index in [0.717, 1.165) is 0 Å². The number of benzene rings is 2. The highest BCUT2D eigenvalue weighted by Gasteiger charge is 2.25. The van der Waals surface area contributed by atoms with Crippen LogP contribution in [0, 0.1) is 12.3 Å². The van der Waals surface area contributed by atoms with Gasteiger partial charge in [0.15, 0.2) is 11.5 Å². The molecular formula is C21H22N2O5. The number of hydrogen-bond acceptors (Lipinski definition) is 5. The number of carbonyl (C=O) groups excluding carboxylic acids is 2. The number of rotatable bonds is 7. The molecule has 0 atom stereocenters. The number of carbonyl (C=O) groups is 2. The van der Waals surface area contributed by atoms with Crippen LogP contribution in [0.15, 0.2) is 36.4 Å². The first kappa shape index (κ1) is 20.6. The highest BCUT2D eigenvalue weighted by atomic mass is 16.5. The summed E-state index contributed by atoms with van der Waals surface area (Å²) in [5, 5.41) is 2.52. The summed E-state index contributed by atoms with van der Waals surface area (Å²) in [5.41, 5.74) is 1.29. The molecule has 0 aliphatic carbocycles.